The summed E-state index contributed by atoms with van der Waals surface area (Å²) in [5, 5.41) is 4.30. The molecular formula is C18H23N3O. The van der Waals surface area contributed by atoms with Crippen molar-refractivity contribution in [2.75, 3.05) is 6.54 Å². The van der Waals surface area contributed by atoms with Crippen LogP contribution in [0.3, 0.4) is 0 Å². The van der Waals surface area contributed by atoms with Crippen LogP contribution in [-0.4, -0.2) is 27.6 Å². The Kier molecular flexibility index (Phi) is 3.49. The third-order valence-corrected chi connectivity index (χ3v) is 5.15. The van der Waals surface area contributed by atoms with E-state index < -0.39 is 0 Å². The third kappa shape index (κ3) is 2.26. The van der Waals surface area contributed by atoms with Gasteiger partial charge >= 0.3 is 0 Å². The maximum absolute atomic E-state index is 5.45. The van der Waals surface area contributed by atoms with Crippen LogP contribution in [0.4, 0.5) is 0 Å². The lowest BCUT2D eigenvalue weighted by Gasteiger charge is -2.24. The summed E-state index contributed by atoms with van der Waals surface area (Å²) in [6.45, 7) is 5.39. The Labute approximate surface area is 131 Å². The predicted octanol–water partition coefficient (Wildman–Crippen LogP) is 3.89. The minimum atomic E-state index is 0.298. The first-order chi connectivity index (χ1) is 10.7. The fourth-order valence-electron chi connectivity index (χ4n) is 4.08. The van der Waals surface area contributed by atoms with E-state index in [0.717, 1.165) is 18.1 Å². The second-order valence-corrected chi connectivity index (χ2v) is 6.86. The SMILES string of the molecule is CC(C)c1nc([C@@H]2C[C@H](c3ccccc3)N3CCC[C@@H]23)no1. The molecule has 4 heteroatoms. The van der Waals surface area contributed by atoms with Crippen molar-refractivity contribution in [3.05, 3.63) is 47.6 Å². The lowest BCUT2D eigenvalue weighted by atomic mass is 9.94. The molecule has 1 aromatic heterocycles. The van der Waals surface area contributed by atoms with Crippen LogP contribution in [0.2, 0.25) is 0 Å². The third-order valence-electron chi connectivity index (χ3n) is 5.15. The summed E-state index contributed by atoms with van der Waals surface area (Å²) in [6, 6.07) is 11.9. The molecule has 2 saturated heterocycles. The van der Waals surface area contributed by atoms with Crippen LogP contribution in [0.15, 0.2) is 34.9 Å². The Hall–Kier alpha value is -1.68. The Bertz CT molecular complexity index is 637. The van der Waals surface area contributed by atoms with Gasteiger partial charge in [-0.25, -0.2) is 0 Å². The highest BCUT2D eigenvalue weighted by atomic mass is 16.5. The highest BCUT2D eigenvalue weighted by molar-refractivity contribution is 5.24. The Balaban J connectivity index is 1.63. The van der Waals surface area contributed by atoms with E-state index in [2.05, 4.69) is 59.2 Å². The van der Waals surface area contributed by atoms with Crippen molar-refractivity contribution in [1.82, 2.24) is 15.0 Å². The van der Waals surface area contributed by atoms with Crippen molar-refractivity contribution in [1.29, 1.82) is 0 Å². The Morgan fingerprint density at radius 2 is 2.05 bits per heavy atom. The Morgan fingerprint density at radius 3 is 2.77 bits per heavy atom. The van der Waals surface area contributed by atoms with Crippen LogP contribution in [0.5, 0.6) is 0 Å². The van der Waals surface area contributed by atoms with Gasteiger partial charge in [-0.2, -0.15) is 4.98 Å². The minimum absolute atomic E-state index is 0.298. The second-order valence-electron chi connectivity index (χ2n) is 6.86. The van der Waals surface area contributed by atoms with E-state index in [4.69, 9.17) is 4.52 Å². The molecule has 4 nitrogen and oxygen atoms in total. The van der Waals surface area contributed by atoms with E-state index >= 15 is 0 Å². The molecule has 0 saturated carbocycles. The highest BCUT2D eigenvalue weighted by Gasteiger charge is 2.46. The molecule has 2 aliphatic rings. The van der Waals surface area contributed by atoms with Crippen LogP contribution in [0, 0.1) is 0 Å². The van der Waals surface area contributed by atoms with Crippen molar-refractivity contribution in [3.8, 4) is 0 Å². The summed E-state index contributed by atoms with van der Waals surface area (Å²) in [5.74, 6) is 2.39. The molecule has 0 spiro atoms. The van der Waals surface area contributed by atoms with E-state index in [1.807, 2.05) is 0 Å². The number of hydrogen-bond donors (Lipinski definition) is 0. The first-order valence-electron chi connectivity index (χ1n) is 8.38. The zero-order valence-electron chi connectivity index (χ0n) is 13.3. The number of rotatable bonds is 3. The molecule has 116 valence electrons. The Morgan fingerprint density at radius 1 is 1.23 bits per heavy atom. The molecular weight excluding hydrogens is 274 g/mol. The molecule has 22 heavy (non-hydrogen) atoms. The molecule has 2 aromatic rings. The average molecular weight is 297 g/mol. The summed E-state index contributed by atoms with van der Waals surface area (Å²) in [5.41, 5.74) is 1.42. The summed E-state index contributed by atoms with van der Waals surface area (Å²) >= 11 is 0. The first-order valence-corrected chi connectivity index (χ1v) is 8.38. The van der Waals surface area contributed by atoms with Crippen molar-refractivity contribution in [3.63, 3.8) is 0 Å². The number of aromatic nitrogens is 2. The van der Waals surface area contributed by atoms with Gasteiger partial charge in [0.05, 0.1) is 0 Å². The molecule has 3 atom stereocenters. The second kappa shape index (κ2) is 5.51. The van der Waals surface area contributed by atoms with E-state index in [0.29, 0.717) is 23.9 Å². The topological polar surface area (TPSA) is 42.2 Å². The minimum Gasteiger partial charge on any atom is -0.339 e. The molecule has 3 heterocycles. The van der Waals surface area contributed by atoms with Gasteiger partial charge in [0.1, 0.15) is 0 Å². The number of fused-ring (bicyclic) bond motifs is 1. The standard InChI is InChI=1S/C18H23N3O/c1-12(2)18-19-17(20-22-18)14-11-16(13-7-4-3-5-8-13)21-10-6-9-15(14)21/h3-5,7-8,12,14-16H,6,9-11H2,1-2H3/t14-,15+,16-/m1/s1. The van der Waals surface area contributed by atoms with E-state index in [-0.39, 0.29) is 0 Å². The molecule has 0 aliphatic carbocycles. The van der Waals surface area contributed by atoms with Crippen molar-refractivity contribution in [2.24, 2.45) is 0 Å². The zero-order chi connectivity index (χ0) is 15.1. The van der Waals surface area contributed by atoms with Crippen molar-refractivity contribution < 1.29 is 4.52 Å². The number of hydrogen-bond acceptors (Lipinski definition) is 4. The lowest BCUT2D eigenvalue weighted by molar-refractivity contribution is 0.243. The molecule has 0 N–H and O–H groups in total. The summed E-state index contributed by atoms with van der Waals surface area (Å²) in [4.78, 5) is 7.33. The van der Waals surface area contributed by atoms with E-state index in [1.165, 1.54) is 24.9 Å². The van der Waals surface area contributed by atoms with Gasteiger partial charge < -0.3 is 4.52 Å². The van der Waals surface area contributed by atoms with Gasteiger partial charge in [-0.3, -0.25) is 4.90 Å². The van der Waals surface area contributed by atoms with Crippen LogP contribution < -0.4 is 0 Å². The molecule has 4 rings (SSSR count). The van der Waals surface area contributed by atoms with Crippen LogP contribution in [-0.2, 0) is 0 Å². The fourth-order valence-corrected chi connectivity index (χ4v) is 4.08. The maximum atomic E-state index is 5.45. The van der Waals surface area contributed by atoms with Crippen LogP contribution in [0.1, 0.15) is 68.3 Å². The lowest BCUT2D eigenvalue weighted by Crippen LogP contribution is -2.27. The number of benzene rings is 1. The van der Waals surface area contributed by atoms with Gasteiger partial charge in [0, 0.05) is 23.9 Å². The van der Waals surface area contributed by atoms with Crippen LogP contribution in [0.25, 0.3) is 0 Å². The van der Waals surface area contributed by atoms with Gasteiger partial charge in [0.15, 0.2) is 5.82 Å². The molecule has 2 aliphatic heterocycles. The zero-order valence-corrected chi connectivity index (χ0v) is 13.3. The van der Waals surface area contributed by atoms with Gasteiger partial charge in [-0.05, 0) is 31.4 Å². The van der Waals surface area contributed by atoms with E-state index in [9.17, 15) is 0 Å². The largest absolute Gasteiger partial charge is 0.339 e. The smallest absolute Gasteiger partial charge is 0.229 e. The first kappa shape index (κ1) is 13.9. The molecule has 0 unspecified atom stereocenters. The molecule has 0 radical (unpaired) electrons. The predicted molar refractivity (Wildman–Crippen MR) is 84.7 cm³/mol. The van der Waals surface area contributed by atoms with Crippen molar-refractivity contribution >= 4 is 0 Å². The molecule has 2 fully saturated rings. The van der Waals surface area contributed by atoms with Crippen LogP contribution >= 0.6 is 0 Å². The number of nitrogens with zero attached hydrogens (tertiary/aromatic N) is 3. The normalized spacial score (nSPS) is 28.4. The maximum Gasteiger partial charge on any atom is 0.229 e. The average Bonchev–Trinajstić information content (AvgIpc) is 3.23. The van der Waals surface area contributed by atoms with Gasteiger partial charge in [0.2, 0.25) is 5.89 Å². The quantitative estimate of drug-likeness (QED) is 0.862. The summed E-state index contributed by atoms with van der Waals surface area (Å²) in [6.07, 6.45) is 3.63. The molecule has 0 amide bonds. The summed E-state index contributed by atoms with van der Waals surface area (Å²) < 4.78 is 5.45. The monoisotopic (exact) mass is 297 g/mol. The van der Waals surface area contributed by atoms with E-state index in [1.54, 1.807) is 0 Å². The van der Waals surface area contributed by atoms with Gasteiger partial charge in [0.25, 0.3) is 0 Å². The highest BCUT2D eigenvalue weighted by Crippen LogP contribution is 2.48. The van der Waals surface area contributed by atoms with Crippen molar-refractivity contribution in [2.45, 2.75) is 57.0 Å². The summed E-state index contributed by atoms with van der Waals surface area (Å²) in [7, 11) is 0. The molecule has 1 aromatic carbocycles. The fraction of sp³-hybridized carbons (Fsp3) is 0.556. The van der Waals surface area contributed by atoms with Gasteiger partial charge in [-0.1, -0.05) is 49.3 Å². The van der Waals surface area contributed by atoms with Gasteiger partial charge in [-0.15, -0.1) is 0 Å². The molecule has 0 bridgehead atoms.